The fraction of sp³-hybridized carbons (Fsp3) is 1.00. The van der Waals surface area contributed by atoms with Gasteiger partial charge in [-0.15, -0.1) is 0 Å². The quantitative estimate of drug-likeness (QED) is 0.527. The van der Waals surface area contributed by atoms with Crippen LogP contribution >= 0.6 is 15.3 Å². The van der Waals surface area contributed by atoms with Gasteiger partial charge in [0.15, 0.2) is 0 Å². The fourth-order valence-electron chi connectivity index (χ4n) is 0.556. The van der Waals surface area contributed by atoms with Gasteiger partial charge >= 0.3 is 7.42 Å². The molecular formula is C6H15BrO3Si. The third-order valence-electron chi connectivity index (χ3n) is 1.04. The zero-order chi connectivity index (χ0) is 8.74. The standard InChI is InChI=1S/C6H15BrO3Si/c1-4-6-10-11(7,8-3)9-5-2/h4-6H2,1-3H3. The van der Waals surface area contributed by atoms with E-state index >= 15 is 0 Å². The average molecular weight is 243 g/mol. The molecule has 0 aliphatic rings. The highest BCUT2D eigenvalue weighted by Crippen LogP contribution is 2.16. The highest BCUT2D eigenvalue weighted by molar-refractivity contribution is 9.25. The molecule has 1 unspecified atom stereocenters. The second-order valence-electron chi connectivity index (χ2n) is 1.97. The first-order chi connectivity index (χ1) is 5.18. The summed E-state index contributed by atoms with van der Waals surface area (Å²) < 4.78 is 15.8. The molecule has 0 aliphatic carbocycles. The molecule has 3 nitrogen and oxygen atoms in total. The van der Waals surface area contributed by atoms with Crippen molar-refractivity contribution in [1.29, 1.82) is 0 Å². The van der Waals surface area contributed by atoms with Crippen LogP contribution in [0.3, 0.4) is 0 Å². The van der Waals surface area contributed by atoms with Gasteiger partial charge in [-0.25, -0.2) is 0 Å². The Hall–Kier alpha value is 0.577. The smallest absolute Gasteiger partial charge is 0.369 e. The van der Waals surface area contributed by atoms with E-state index in [1.807, 2.05) is 13.8 Å². The molecular weight excluding hydrogens is 228 g/mol. The maximum Gasteiger partial charge on any atom is 0.580 e. The fourth-order valence-corrected chi connectivity index (χ4v) is 2.84. The molecule has 0 aliphatic heterocycles. The maximum atomic E-state index is 5.38. The van der Waals surface area contributed by atoms with Crippen LogP contribution < -0.4 is 0 Å². The molecule has 0 saturated carbocycles. The minimum atomic E-state index is -2.43. The lowest BCUT2D eigenvalue weighted by Gasteiger charge is -2.20. The van der Waals surface area contributed by atoms with Gasteiger partial charge in [-0.3, -0.25) is 0 Å². The van der Waals surface area contributed by atoms with Gasteiger partial charge in [0.25, 0.3) is 0 Å². The number of rotatable bonds is 6. The van der Waals surface area contributed by atoms with E-state index < -0.39 is 7.42 Å². The van der Waals surface area contributed by atoms with Crippen LogP contribution in [0, 0.1) is 0 Å². The Balaban J connectivity index is 3.68. The molecule has 68 valence electrons. The Kier molecular flexibility index (Phi) is 6.45. The highest BCUT2D eigenvalue weighted by atomic mass is 79.9. The van der Waals surface area contributed by atoms with Crippen LogP contribution in [0.15, 0.2) is 0 Å². The molecule has 0 fully saturated rings. The zero-order valence-electron chi connectivity index (χ0n) is 7.22. The summed E-state index contributed by atoms with van der Waals surface area (Å²) in [6.45, 7) is 5.24. The largest absolute Gasteiger partial charge is 0.580 e. The van der Waals surface area contributed by atoms with Crippen LogP contribution in [0.2, 0.25) is 0 Å². The minimum absolute atomic E-state index is 0.606. The molecule has 0 radical (unpaired) electrons. The van der Waals surface area contributed by atoms with E-state index in [2.05, 4.69) is 15.3 Å². The third-order valence-corrected chi connectivity index (χ3v) is 5.05. The van der Waals surface area contributed by atoms with E-state index in [-0.39, 0.29) is 0 Å². The van der Waals surface area contributed by atoms with Crippen LogP contribution in [0.1, 0.15) is 20.3 Å². The van der Waals surface area contributed by atoms with E-state index in [0.29, 0.717) is 13.2 Å². The van der Waals surface area contributed by atoms with Crippen molar-refractivity contribution in [1.82, 2.24) is 0 Å². The summed E-state index contributed by atoms with van der Waals surface area (Å²) in [4.78, 5) is 0. The summed E-state index contributed by atoms with van der Waals surface area (Å²) in [5.41, 5.74) is 0. The SMILES string of the molecule is CCCO[Si](Br)(OC)OCC. The first kappa shape index (κ1) is 11.6. The molecule has 1 atom stereocenters. The second kappa shape index (κ2) is 6.13. The van der Waals surface area contributed by atoms with E-state index in [9.17, 15) is 0 Å². The summed E-state index contributed by atoms with van der Waals surface area (Å²) in [5.74, 6) is 0. The van der Waals surface area contributed by atoms with Gasteiger partial charge in [0.2, 0.25) is 0 Å². The molecule has 5 heteroatoms. The Morgan fingerprint density at radius 2 is 1.91 bits per heavy atom. The average Bonchev–Trinajstić information content (AvgIpc) is 2.02. The minimum Gasteiger partial charge on any atom is -0.369 e. The number of hydrogen-bond donors (Lipinski definition) is 0. The van der Waals surface area contributed by atoms with E-state index in [4.69, 9.17) is 13.3 Å². The van der Waals surface area contributed by atoms with Crippen molar-refractivity contribution in [3.8, 4) is 0 Å². The first-order valence-corrected chi connectivity index (χ1v) is 7.68. The predicted octanol–water partition coefficient (Wildman–Crippen LogP) is 1.93. The molecule has 0 aromatic carbocycles. The van der Waals surface area contributed by atoms with Crippen molar-refractivity contribution in [3.05, 3.63) is 0 Å². The van der Waals surface area contributed by atoms with Gasteiger partial charge < -0.3 is 13.3 Å². The Morgan fingerprint density at radius 3 is 2.27 bits per heavy atom. The normalized spacial score (nSPS) is 16.4. The molecule has 0 saturated heterocycles. The third kappa shape index (κ3) is 4.92. The number of hydrogen-bond acceptors (Lipinski definition) is 3. The van der Waals surface area contributed by atoms with Crippen molar-refractivity contribution < 1.29 is 13.3 Å². The summed E-state index contributed by atoms with van der Waals surface area (Å²) >= 11 is 3.32. The lowest BCUT2D eigenvalue weighted by atomic mass is 10.5. The molecule has 0 aromatic heterocycles. The lowest BCUT2D eigenvalue weighted by Crippen LogP contribution is -2.38. The summed E-state index contributed by atoms with van der Waals surface area (Å²) in [6, 6.07) is 0. The Labute approximate surface area is 77.0 Å². The van der Waals surface area contributed by atoms with Crippen LogP contribution in [0.4, 0.5) is 0 Å². The van der Waals surface area contributed by atoms with E-state index in [1.54, 1.807) is 7.11 Å². The van der Waals surface area contributed by atoms with Crippen LogP contribution in [0.5, 0.6) is 0 Å². The van der Waals surface area contributed by atoms with E-state index in [1.165, 1.54) is 0 Å². The van der Waals surface area contributed by atoms with Gasteiger partial charge in [0.1, 0.15) is 0 Å². The molecule has 0 spiro atoms. The van der Waals surface area contributed by atoms with Crippen LogP contribution in [-0.4, -0.2) is 27.7 Å². The molecule has 0 bridgehead atoms. The van der Waals surface area contributed by atoms with Gasteiger partial charge in [0.05, 0.1) is 0 Å². The molecule has 0 rings (SSSR count). The molecule has 0 heterocycles. The van der Waals surface area contributed by atoms with Gasteiger partial charge in [-0.05, 0) is 28.6 Å². The van der Waals surface area contributed by atoms with Crippen LogP contribution in [0.25, 0.3) is 0 Å². The monoisotopic (exact) mass is 242 g/mol. The predicted molar refractivity (Wildman–Crippen MR) is 49.6 cm³/mol. The van der Waals surface area contributed by atoms with Gasteiger partial charge in [-0.1, -0.05) is 6.92 Å². The lowest BCUT2D eigenvalue weighted by molar-refractivity contribution is 0.110. The summed E-state index contributed by atoms with van der Waals surface area (Å²) in [6.07, 6.45) is 0.969. The van der Waals surface area contributed by atoms with Crippen LogP contribution in [-0.2, 0) is 13.3 Å². The van der Waals surface area contributed by atoms with E-state index in [0.717, 1.165) is 6.42 Å². The Bertz CT molecular complexity index is 104. The first-order valence-electron chi connectivity index (χ1n) is 3.70. The molecule has 0 amide bonds. The highest BCUT2D eigenvalue weighted by Gasteiger charge is 2.36. The topological polar surface area (TPSA) is 27.7 Å². The second-order valence-corrected chi connectivity index (χ2v) is 6.83. The summed E-state index contributed by atoms with van der Waals surface area (Å²) in [7, 11) is -0.842. The molecule has 11 heavy (non-hydrogen) atoms. The van der Waals surface area contributed by atoms with Crippen molar-refractivity contribution in [2.24, 2.45) is 0 Å². The van der Waals surface area contributed by atoms with Gasteiger partial charge in [-0.2, -0.15) is 0 Å². The van der Waals surface area contributed by atoms with Crippen molar-refractivity contribution in [2.45, 2.75) is 20.3 Å². The van der Waals surface area contributed by atoms with Gasteiger partial charge in [0, 0.05) is 20.3 Å². The molecule has 0 aromatic rings. The van der Waals surface area contributed by atoms with Crippen molar-refractivity contribution in [2.75, 3.05) is 20.3 Å². The van der Waals surface area contributed by atoms with Crippen molar-refractivity contribution >= 4 is 22.7 Å². The molecule has 0 N–H and O–H groups in total. The maximum absolute atomic E-state index is 5.38. The zero-order valence-corrected chi connectivity index (χ0v) is 9.81. The van der Waals surface area contributed by atoms with Crippen molar-refractivity contribution in [3.63, 3.8) is 0 Å². The Morgan fingerprint density at radius 1 is 1.27 bits per heavy atom. The number of halogens is 1. The summed E-state index contributed by atoms with van der Waals surface area (Å²) in [5, 5.41) is 0.